The average molecular weight is 221 g/mol. The van der Waals surface area contributed by atoms with E-state index in [0.29, 0.717) is 18.6 Å². The fourth-order valence-electron chi connectivity index (χ4n) is 2.14. The van der Waals surface area contributed by atoms with E-state index in [0.717, 1.165) is 18.7 Å². The lowest BCUT2D eigenvalue weighted by atomic mass is 10.0. The molecule has 1 heterocycles. The minimum absolute atomic E-state index is 0.184. The van der Waals surface area contributed by atoms with Gasteiger partial charge in [-0.05, 0) is 24.6 Å². The van der Waals surface area contributed by atoms with Crippen molar-refractivity contribution in [3.8, 4) is 0 Å². The van der Waals surface area contributed by atoms with Gasteiger partial charge >= 0.3 is 0 Å². The van der Waals surface area contributed by atoms with Crippen LogP contribution in [0.5, 0.6) is 0 Å². The molecule has 1 atom stereocenters. The van der Waals surface area contributed by atoms with Gasteiger partial charge in [-0.25, -0.2) is 4.39 Å². The maximum absolute atomic E-state index is 13.1. The molecule has 1 unspecified atom stereocenters. The highest BCUT2D eigenvalue weighted by atomic mass is 19.1. The maximum atomic E-state index is 13.1. The summed E-state index contributed by atoms with van der Waals surface area (Å²) in [5, 5.41) is 0. The molecule has 1 aromatic rings. The minimum Gasteiger partial charge on any atom is -0.300 e. The zero-order valence-corrected chi connectivity index (χ0v) is 9.45. The molecular weight excluding hydrogens is 205 g/mol. The number of piperidine rings is 1. The van der Waals surface area contributed by atoms with Crippen LogP contribution in [0.2, 0.25) is 0 Å². The molecule has 1 aliphatic heterocycles. The van der Waals surface area contributed by atoms with E-state index in [9.17, 15) is 9.18 Å². The lowest BCUT2D eigenvalue weighted by molar-refractivity contribution is -0.121. The third-order valence-electron chi connectivity index (χ3n) is 3.23. The van der Waals surface area contributed by atoms with Crippen LogP contribution in [0.15, 0.2) is 24.3 Å². The van der Waals surface area contributed by atoms with Gasteiger partial charge in [0.15, 0.2) is 0 Å². The van der Waals surface area contributed by atoms with Crippen LogP contribution in [-0.2, 0) is 4.79 Å². The fraction of sp³-hybridized carbons (Fsp3) is 0.462. The Labute approximate surface area is 95.1 Å². The van der Waals surface area contributed by atoms with Crippen molar-refractivity contribution in [1.82, 2.24) is 4.90 Å². The van der Waals surface area contributed by atoms with E-state index in [1.165, 1.54) is 6.07 Å². The van der Waals surface area contributed by atoms with Gasteiger partial charge in [0.05, 0.1) is 0 Å². The minimum atomic E-state index is -0.197. The van der Waals surface area contributed by atoms with Crippen LogP contribution in [0.1, 0.15) is 31.4 Å². The quantitative estimate of drug-likeness (QED) is 0.765. The van der Waals surface area contributed by atoms with Crippen molar-refractivity contribution in [2.24, 2.45) is 0 Å². The summed E-state index contributed by atoms with van der Waals surface area (Å²) in [5.41, 5.74) is 0.981. The largest absolute Gasteiger partial charge is 0.300 e. The molecular formula is C13H16FNO. The normalized spacial score (nSPS) is 19.8. The summed E-state index contributed by atoms with van der Waals surface area (Å²) in [6.45, 7) is 3.64. The predicted octanol–water partition coefficient (Wildman–Crippen LogP) is 2.55. The first-order valence-corrected chi connectivity index (χ1v) is 5.68. The Balaban J connectivity index is 2.07. The van der Waals surface area contributed by atoms with Crippen molar-refractivity contribution in [2.45, 2.75) is 25.8 Å². The van der Waals surface area contributed by atoms with E-state index in [1.54, 1.807) is 12.1 Å². The third kappa shape index (κ3) is 2.47. The van der Waals surface area contributed by atoms with Gasteiger partial charge in [0.2, 0.25) is 0 Å². The van der Waals surface area contributed by atoms with Crippen molar-refractivity contribution in [3.63, 3.8) is 0 Å². The molecule has 3 heteroatoms. The monoisotopic (exact) mass is 221 g/mol. The summed E-state index contributed by atoms with van der Waals surface area (Å²) >= 11 is 0. The van der Waals surface area contributed by atoms with Gasteiger partial charge in [-0.3, -0.25) is 9.69 Å². The lowest BCUT2D eigenvalue weighted by Gasteiger charge is -2.32. The van der Waals surface area contributed by atoms with Crippen LogP contribution in [0.3, 0.4) is 0 Å². The molecule has 16 heavy (non-hydrogen) atoms. The summed E-state index contributed by atoms with van der Waals surface area (Å²) in [6, 6.07) is 6.88. The summed E-state index contributed by atoms with van der Waals surface area (Å²) in [4.78, 5) is 13.4. The van der Waals surface area contributed by atoms with Crippen LogP contribution < -0.4 is 0 Å². The van der Waals surface area contributed by atoms with Crippen LogP contribution >= 0.6 is 0 Å². The molecule has 0 bridgehead atoms. The summed E-state index contributed by atoms with van der Waals surface area (Å²) in [7, 11) is 0. The number of nitrogens with zero attached hydrogens (tertiary/aromatic N) is 1. The summed E-state index contributed by atoms with van der Waals surface area (Å²) < 4.78 is 13.1. The highest BCUT2D eigenvalue weighted by Gasteiger charge is 2.21. The molecule has 1 aromatic carbocycles. The number of likely N-dealkylation sites (tertiary alicyclic amines) is 1. The molecule has 1 saturated heterocycles. The van der Waals surface area contributed by atoms with E-state index in [1.807, 2.05) is 6.07 Å². The Morgan fingerprint density at radius 2 is 2.00 bits per heavy atom. The summed E-state index contributed by atoms with van der Waals surface area (Å²) in [6.07, 6.45) is 1.25. The molecule has 1 fully saturated rings. The van der Waals surface area contributed by atoms with Crippen molar-refractivity contribution in [2.75, 3.05) is 13.1 Å². The number of halogens is 1. The Kier molecular flexibility index (Phi) is 3.34. The first-order valence-electron chi connectivity index (χ1n) is 5.68. The van der Waals surface area contributed by atoms with E-state index >= 15 is 0 Å². The molecule has 2 rings (SSSR count). The molecule has 0 aromatic heterocycles. The van der Waals surface area contributed by atoms with Crippen LogP contribution in [-0.4, -0.2) is 23.8 Å². The second-order valence-corrected chi connectivity index (χ2v) is 4.31. The molecule has 0 N–H and O–H groups in total. The number of rotatable bonds is 2. The average Bonchev–Trinajstić information content (AvgIpc) is 2.29. The van der Waals surface area contributed by atoms with E-state index in [4.69, 9.17) is 0 Å². The third-order valence-corrected chi connectivity index (χ3v) is 3.23. The van der Waals surface area contributed by atoms with Crippen LogP contribution in [0, 0.1) is 5.82 Å². The topological polar surface area (TPSA) is 20.3 Å². The standard InChI is InChI=1S/C13H16FNO/c1-10(11-3-2-4-12(14)9-11)15-7-5-13(16)6-8-15/h2-4,9-10H,5-8H2,1H3. The molecule has 0 amide bonds. The molecule has 86 valence electrons. The van der Waals surface area contributed by atoms with Crippen molar-refractivity contribution < 1.29 is 9.18 Å². The maximum Gasteiger partial charge on any atom is 0.135 e. The first-order chi connectivity index (χ1) is 7.66. The Bertz CT molecular complexity index is 381. The second kappa shape index (κ2) is 4.74. The molecule has 0 radical (unpaired) electrons. The zero-order chi connectivity index (χ0) is 11.5. The van der Waals surface area contributed by atoms with Gasteiger partial charge in [-0.15, -0.1) is 0 Å². The van der Waals surface area contributed by atoms with Crippen LogP contribution in [0.4, 0.5) is 4.39 Å². The Morgan fingerprint density at radius 3 is 2.62 bits per heavy atom. The molecule has 0 spiro atoms. The number of hydrogen-bond donors (Lipinski definition) is 0. The molecule has 2 nitrogen and oxygen atoms in total. The number of carbonyl (C=O) groups is 1. The number of hydrogen-bond acceptors (Lipinski definition) is 2. The fourth-order valence-corrected chi connectivity index (χ4v) is 2.14. The van der Waals surface area contributed by atoms with E-state index < -0.39 is 0 Å². The number of benzene rings is 1. The van der Waals surface area contributed by atoms with Crippen molar-refractivity contribution in [1.29, 1.82) is 0 Å². The summed E-state index contributed by atoms with van der Waals surface area (Å²) in [5.74, 6) is 0.139. The first kappa shape index (κ1) is 11.3. The highest BCUT2D eigenvalue weighted by Crippen LogP contribution is 2.23. The molecule has 1 aliphatic rings. The van der Waals surface area contributed by atoms with Crippen molar-refractivity contribution >= 4 is 5.78 Å². The Hall–Kier alpha value is -1.22. The van der Waals surface area contributed by atoms with Gasteiger partial charge in [0, 0.05) is 32.0 Å². The smallest absolute Gasteiger partial charge is 0.135 e. The zero-order valence-electron chi connectivity index (χ0n) is 9.45. The number of Topliss-reactive ketones (excluding diaryl/α,β-unsaturated/α-hetero) is 1. The van der Waals surface area contributed by atoms with Gasteiger partial charge in [-0.2, -0.15) is 0 Å². The van der Waals surface area contributed by atoms with Gasteiger partial charge in [-0.1, -0.05) is 12.1 Å². The lowest BCUT2D eigenvalue weighted by Crippen LogP contribution is -2.35. The predicted molar refractivity (Wildman–Crippen MR) is 60.6 cm³/mol. The molecule has 0 saturated carbocycles. The second-order valence-electron chi connectivity index (χ2n) is 4.31. The highest BCUT2D eigenvalue weighted by molar-refractivity contribution is 5.79. The van der Waals surface area contributed by atoms with Gasteiger partial charge < -0.3 is 0 Å². The number of ketones is 1. The van der Waals surface area contributed by atoms with E-state index in [2.05, 4.69) is 11.8 Å². The van der Waals surface area contributed by atoms with Crippen molar-refractivity contribution in [3.05, 3.63) is 35.6 Å². The van der Waals surface area contributed by atoms with Gasteiger partial charge in [0.25, 0.3) is 0 Å². The Morgan fingerprint density at radius 1 is 1.31 bits per heavy atom. The molecule has 0 aliphatic carbocycles. The van der Waals surface area contributed by atoms with Gasteiger partial charge in [0.1, 0.15) is 11.6 Å². The number of carbonyl (C=O) groups excluding carboxylic acids is 1. The van der Waals surface area contributed by atoms with E-state index in [-0.39, 0.29) is 11.9 Å². The van der Waals surface area contributed by atoms with Crippen LogP contribution in [0.25, 0.3) is 0 Å². The SMILES string of the molecule is CC(c1cccc(F)c1)N1CCC(=O)CC1.